The van der Waals surface area contributed by atoms with Crippen LogP contribution in [0.15, 0.2) is 36.0 Å². The number of hydrogen-bond donors (Lipinski definition) is 5. The van der Waals surface area contributed by atoms with E-state index in [4.69, 9.17) is 9.47 Å². The van der Waals surface area contributed by atoms with Crippen molar-refractivity contribution in [1.29, 1.82) is 0 Å². The number of carbonyl (C=O) groups is 3. The SMILES string of the molecule is C/C=C/[C@@H](O)C/C=C/C[C@H](C)[C@@H](O)CC(=O)NC[C@H](O)[C@H](C)C(=O)NCCC[C@H]1O[C@@]2(CCC[C@@H](CC[C@H](C)/C=C(\C)C(C)=O)O2)CC[C@@H]1C. The van der Waals surface area contributed by atoms with E-state index in [1.807, 2.05) is 32.9 Å². The lowest BCUT2D eigenvalue weighted by molar-refractivity contribution is -0.324. The summed E-state index contributed by atoms with van der Waals surface area (Å²) in [5, 5.41) is 36.3. The summed E-state index contributed by atoms with van der Waals surface area (Å²) in [6.45, 7) is 13.6. The molecule has 5 N–H and O–H groups in total. The average Bonchev–Trinajstić information content (AvgIpc) is 3.07. The molecular weight excluding hydrogens is 636 g/mol. The van der Waals surface area contributed by atoms with Crippen LogP contribution in [0.3, 0.4) is 0 Å². The summed E-state index contributed by atoms with van der Waals surface area (Å²) in [7, 11) is 0. The third-order valence-electron chi connectivity index (χ3n) is 10.5. The van der Waals surface area contributed by atoms with Crippen molar-refractivity contribution in [2.45, 2.75) is 162 Å². The molecule has 2 rings (SSSR count). The van der Waals surface area contributed by atoms with E-state index in [1.165, 1.54) is 0 Å². The van der Waals surface area contributed by atoms with Crippen LogP contribution in [0.5, 0.6) is 0 Å². The molecule has 10 nitrogen and oxygen atoms in total. The Morgan fingerprint density at radius 2 is 1.66 bits per heavy atom. The van der Waals surface area contributed by atoms with Crippen molar-refractivity contribution in [3.63, 3.8) is 0 Å². The lowest BCUT2D eigenvalue weighted by atomic mass is 9.85. The van der Waals surface area contributed by atoms with E-state index in [-0.39, 0.29) is 48.7 Å². The number of rotatable bonds is 21. The summed E-state index contributed by atoms with van der Waals surface area (Å²) in [6.07, 6.45) is 16.4. The van der Waals surface area contributed by atoms with Gasteiger partial charge in [-0.05, 0) is 102 Å². The average molecular weight is 705 g/mol. The van der Waals surface area contributed by atoms with Crippen LogP contribution < -0.4 is 10.6 Å². The van der Waals surface area contributed by atoms with Gasteiger partial charge in [0.1, 0.15) is 0 Å². The van der Waals surface area contributed by atoms with Crippen LogP contribution in [0, 0.1) is 23.7 Å². The van der Waals surface area contributed by atoms with Crippen molar-refractivity contribution in [2.24, 2.45) is 23.7 Å². The standard InChI is InChI=1S/C40H68N2O8/c1-8-13-33(44)15-10-9-14-28(3)35(45)25-38(47)42-26-36(46)31(6)39(48)41-23-12-17-37-29(4)20-22-40(50-37)21-11-16-34(49-40)19-18-27(2)24-30(5)32(7)43/h8-10,13,24,27-29,31,33-37,44-46H,11-12,14-23,25-26H2,1-7H3,(H,41,48)(H,42,47)/b10-9+,13-8+,30-24+/t27-,28-,29-,31-,33+,34-,35-,36-,37+,40-/m0/s1. The zero-order chi connectivity index (χ0) is 37.3. The molecular formula is C40H68N2O8. The molecule has 2 amide bonds. The number of Topliss-reactive ketones (excluding diaryl/α,β-unsaturated/α-hetero) is 1. The molecule has 2 aliphatic rings. The third-order valence-corrected chi connectivity index (χ3v) is 10.5. The monoisotopic (exact) mass is 704 g/mol. The second-order valence-corrected chi connectivity index (χ2v) is 15.1. The summed E-state index contributed by atoms with van der Waals surface area (Å²) < 4.78 is 13.3. The first-order chi connectivity index (χ1) is 23.7. The largest absolute Gasteiger partial charge is 0.392 e. The minimum atomic E-state index is -1.06. The number of ketones is 1. The van der Waals surface area contributed by atoms with E-state index < -0.39 is 30.0 Å². The van der Waals surface area contributed by atoms with Gasteiger partial charge in [-0.1, -0.05) is 58.1 Å². The highest BCUT2D eigenvalue weighted by Crippen LogP contribution is 2.43. The Labute approximate surface area is 301 Å². The first-order valence-corrected chi connectivity index (χ1v) is 19.1. The summed E-state index contributed by atoms with van der Waals surface area (Å²) in [5.41, 5.74) is 0.814. The smallest absolute Gasteiger partial charge is 0.225 e. The molecule has 2 fully saturated rings. The number of allylic oxidation sites excluding steroid dienone is 4. The van der Waals surface area contributed by atoms with Crippen LogP contribution in [0.25, 0.3) is 0 Å². The number of ether oxygens (including phenoxy) is 2. The minimum Gasteiger partial charge on any atom is -0.392 e. The van der Waals surface area contributed by atoms with Crippen LogP contribution in [0.4, 0.5) is 0 Å². The number of hydrogen-bond acceptors (Lipinski definition) is 8. The maximum atomic E-state index is 12.8. The quantitative estimate of drug-likeness (QED) is 0.0581. The van der Waals surface area contributed by atoms with E-state index >= 15 is 0 Å². The van der Waals surface area contributed by atoms with Gasteiger partial charge in [0.05, 0.1) is 42.9 Å². The van der Waals surface area contributed by atoms with Gasteiger partial charge in [0.2, 0.25) is 11.8 Å². The number of amides is 2. The van der Waals surface area contributed by atoms with Gasteiger partial charge in [0.25, 0.3) is 0 Å². The summed E-state index contributed by atoms with van der Waals surface area (Å²) in [6, 6.07) is 0. The second kappa shape index (κ2) is 22.5. The molecule has 286 valence electrons. The van der Waals surface area contributed by atoms with Crippen molar-refractivity contribution in [2.75, 3.05) is 13.1 Å². The van der Waals surface area contributed by atoms with Crippen LogP contribution >= 0.6 is 0 Å². The molecule has 0 aliphatic carbocycles. The van der Waals surface area contributed by atoms with Gasteiger partial charge >= 0.3 is 0 Å². The predicted molar refractivity (Wildman–Crippen MR) is 197 cm³/mol. The molecule has 0 bridgehead atoms. The molecule has 1 spiro atoms. The summed E-state index contributed by atoms with van der Waals surface area (Å²) >= 11 is 0. The van der Waals surface area contributed by atoms with E-state index in [1.54, 1.807) is 26.0 Å². The highest BCUT2D eigenvalue weighted by atomic mass is 16.7. The predicted octanol–water partition coefficient (Wildman–Crippen LogP) is 5.69. The van der Waals surface area contributed by atoms with Crippen molar-refractivity contribution in [3.05, 3.63) is 36.0 Å². The first-order valence-electron chi connectivity index (χ1n) is 19.1. The Kier molecular flexibility index (Phi) is 19.7. The van der Waals surface area contributed by atoms with Crippen molar-refractivity contribution >= 4 is 17.6 Å². The van der Waals surface area contributed by atoms with Gasteiger partial charge in [-0.25, -0.2) is 0 Å². The molecule has 2 saturated heterocycles. The van der Waals surface area contributed by atoms with Crippen LogP contribution in [-0.4, -0.2) is 82.3 Å². The normalized spacial score (nSPS) is 26.8. The highest BCUT2D eigenvalue weighted by molar-refractivity contribution is 5.92. The molecule has 50 heavy (non-hydrogen) atoms. The number of carbonyl (C=O) groups excluding carboxylic acids is 3. The molecule has 0 radical (unpaired) electrons. The maximum Gasteiger partial charge on any atom is 0.225 e. The Morgan fingerprint density at radius 3 is 2.36 bits per heavy atom. The Morgan fingerprint density at radius 1 is 0.940 bits per heavy atom. The zero-order valence-corrected chi connectivity index (χ0v) is 31.9. The van der Waals surface area contributed by atoms with Gasteiger partial charge in [-0.15, -0.1) is 0 Å². The van der Waals surface area contributed by atoms with Gasteiger partial charge in [-0.3, -0.25) is 14.4 Å². The fourth-order valence-corrected chi connectivity index (χ4v) is 6.71. The number of nitrogens with one attached hydrogen (secondary N) is 2. The van der Waals surface area contributed by atoms with Crippen molar-refractivity contribution < 1.29 is 39.2 Å². The molecule has 10 heteroatoms. The van der Waals surface area contributed by atoms with Gasteiger partial charge in [0, 0.05) is 25.9 Å². The molecule has 0 aromatic heterocycles. The first kappa shape index (κ1) is 43.8. The van der Waals surface area contributed by atoms with Crippen LogP contribution in [0.2, 0.25) is 0 Å². The topological polar surface area (TPSA) is 154 Å². The van der Waals surface area contributed by atoms with Gasteiger partial charge < -0.3 is 35.4 Å². The molecule has 0 aromatic carbocycles. The van der Waals surface area contributed by atoms with Crippen LogP contribution in [-0.2, 0) is 23.9 Å². The van der Waals surface area contributed by atoms with E-state index in [0.29, 0.717) is 31.2 Å². The van der Waals surface area contributed by atoms with Gasteiger partial charge in [0.15, 0.2) is 11.6 Å². The second-order valence-electron chi connectivity index (χ2n) is 15.1. The Hall–Kier alpha value is -2.37. The lowest BCUT2D eigenvalue weighted by Crippen LogP contribution is -2.50. The number of aliphatic hydroxyl groups excluding tert-OH is 3. The van der Waals surface area contributed by atoms with Crippen molar-refractivity contribution in [3.8, 4) is 0 Å². The van der Waals surface area contributed by atoms with Crippen molar-refractivity contribution in [1.82, 2.24) is 10.6 Å². The third kappa shape index (κ3) is 15.9. The minimum absolute atomic E-state index is 0.0444. The van der Waals surface area contributed by atoms with E-state index in [2.05, 4.69) is 30.6 Å². The van der Waals surface area contributed by atoms with E-state index in [9.17, 15) is 29.7 Å². The molecule has 0 unspecified atom stereocenters. The molecule has 2 heterocycles. The summed E-state index contributed by atoms with van der Waals surface area (Å²) in [5.74, 6) is -1.24. The molecule has 0 aromatic rings. The molecule has 10 atom stereocenters. The fourth-order valence-electron chi connectivity index (χ4n) is 6.71. The van der Waals surface area contributed by atoms with Crippen LogP contribution in [0.1, 0.15) is 126 Å². The number of aliphatic hydroxyl groups is 3. The lowest BCUT2D eigenvalue weighted by Gasteiger charge is -2.48. The summed E-state index contributed by atoms with van der Waals surface area (Å²) in [4.78, 5) is 36.8. The maximum absolute atomic E-state index is 12.8. The Balaban J connectivity index is 1.70. The Bertz CT molecular complexity index is 1140. The zero-order valence-electron chi connectivity index (χ0n) is 31.9. The van der Waals surface area contributed by atoms with E-state index in [0.717, 1.165) is 63.4 Å². The highest BCUT2D eigenvalue weighted by Gasteiger charge is 2.44. The molecule has 0 saturated carbocycles. The molecule has 2 aliphatic heterocycles. The van der Waals surface area contributed by atoms with Gasteiger partial charge in [-0.2, -0.15) is 0 Å². The fraction of sp³-hybridized carbons (Fsp3) is 0.775.